The maximum absolute atomic E-state index is 12.2. The molecular weight excluding hydrogens is 206 g/mol. The average molecular weight is 222 g/mol. The van der Waals surface area contributed by atoms with E-state index < -0.39 is 11.6 Å². The van der Waals surface area contributed by atoms with Crippen molar-refractivity contribution in [2.45, 2.75) is 20.8 Å². The number of hydrogen-bond donors (Lipinski definition) is 0. The summed E-state index contributed by atoms with van der Waals surface area (Å²) in [6.45, 7) is 5.96. The molecule has 0 spiro atoms. The fraction of sp³-hybridized carbons (Fsp3) is 0.286. The Morgan fingerprint density at radius 3 is 1.81 bits per heavy atom. The van der Waals surface area contributed by atoms with Crippen molar-refractivity contribution >= 4 is 0 Å². The standard InChI is InChI=1S/C7H6F2.C7H10/c1-5-2-6(8)4-7(9)3-5;1-6-3-4-7(2)5-6/h2-4H,1H3;3-6H,1-2H3. The van der Waals surface area contributed by atoms with Crippen LogP contribution >= 0.6 is 0 Å². The number of hydrogen-bond acceptors (Lipinski definition) is 0. The quantitative estimate of drug-likeness (QED) is 0.610. The van der Waals surface area contributed by atoms with Gasteiger partial charge in [-0.25, -0.2) is 8.78 Å². The molecule has 1 atom stereocenters. The minimum absolute atomic E-state index is 0.521. The minimum Gasteiger partial charge on any atom is -0.207 e. The van der Waals surface area contributed by atoms with Gasteiger partial charge in [0.15, 0.2) is 0 Å². The Bertz CT molecular complexity index is 366. The lowest BCUT2D eigenvalue weighted by molar-refractivity contribution is 0.581. The molecule has 2 rings (SSSR count). The lowest BCUT2D eigenvalue weighted by atomic mass is 10.2. The van der Waals surface area contributed by atoms with Crippen LogP contribution in [0.1, 0.15) is 19.4 Å². The van der Waals surface area contributed by atoms with Gasteiger partial charge in [0.25, 0.3) is 0 Å². The highest BCUT2D eigenvalue weighted by molar-refractivity contribution is 5.25. The second-order valence-electron chi connectivity index (χ2n) is 4.08. The summed E-state index contributed by atoms with van der Waals surface area (Å²) in [6.07, 6.45) is 6.61. The van der Waals surface area contributed by atoms with Gasteiger partial charge >= 0.3 is 0 Å². The first-order chi connectivity index (χ1) is 7.47. The van der Waals surface area contributed by atoms with Crippen molar-refractivity contribution in [1.29, 1.82) is 0 Å². The van der Waals surface area contributed by atoms with Gasteiger partial charge in [0, 0.05) is 6.07 Å². The molecule has 0 amide bonds. The number of rotatable bonds is 0. The first-order valence-electron chi connectivity index (χ1n) is 5.26. The number of allylic oxidation sites excluding steroid dienone is 4. The first-order valence-corrected chi connectivity index (χ1v) is 5.26. The Morgan fingerprint density at radius 1 is 1.00 bits per heavy atom. The van der Waals surface area contributed by atoms with E-state index in [2.05, 4.69) is 32.1 Å². The summed E-state index contributed by atoms with van der Waals surface area (Å²) in [5.41, 5.74) is 2.00. The Hall–Kier alpha value is -1.44. The molecule has 1 aliphatic carbocycles. The van der Waals surface area contributed by atoms with Crippen molar-refractivity contribution in [3.63, 3.8) is 0 Å². The van der Waals surface area contributed by atoms with E-state index in [-0.39, 0.29) is 0 Å². The van der Waals surface area contributed by atoms with E-state index in [0.29, 0.717) is 11.5 Å². The monoisotopic (exact) mass is 222 g/mol. The predicted octanol–water partition coefficient (Wildman–Crippen LogP) is 4.41. The van der Waals surface area contributed by atoms with Crippen LogP contribution in [-0.4, -0.2) is 0 Å². The maximum Gasteiger partial charge on any atom is 0.126 e. The van der Waals surface area contributed by atoms with Gasteiger partial charge in [-0.2, -0.15) is 0 Å². The molecule has 0 N–H and O–H groups in total. The van der Waals surface area contributed by atoms with Crippen LogP contribution in [0.2, 0.25) is 0 Å². The SMILES string of the molecule is CC1=CC(C)C=C1.Cc1cc(F)cc(F)c1. The van der Waals surface area contributed by atoms with Gasteiger partial charge in [-0.05, 0) is 37.5 Å². The summed E-state index contributed by atoms with van der Waals surface area (Å²) in [7, 11) is 0. The van der Waals surface area contributed by atoms with Crippen molar-refractivity contribution in [3.8, 4) is 0 Å². The number of aryl methyl sites for hydroxylation is 1. The van der Waals surface area contributed by atoms with Gasteiger partial charge in [0.1, 0.15) is 11.6 Å². The van der Waals surface area contributed by atoms with Crippen molar-refractivity contribution < 1.29 is 8.78 Å². The van der Waals surface area contributed by atoms with Crippen molar-refractivity contribution in [2.75, 3.05) is 0 Å². The van der Waals surface area contributed by atoms with E-state index in [1.54, 1.807) is 6.92 Å². The molecule has 0 fully saturated rings. The average Bonchev–Trinajstić information content (AvgIpc) is 2.48. The van der Waals surface area contributed by atoms with Gasteiger partial charge < -0.3 is 0 Å². The zero-order valence-corrected chi connectivity index (χ0v) is 9.80. The van der Waals surface area contributed by atoms with Crippen molar-refractivity contribution in [2.24, 2.45) is 5.92 Å². The van der Waals surface area contributed by atoms with Gasteiger partial charge in [-0.3, -0.25) is 0 Å². The molecule has 0 aromatic heterocycles. The van der Waals surface area contributed by atoms with Crippen molar-refractivity contribution in [3.05, 3.63) is 59.2 Å². The summed E-state index contributed by atoms with van der Waals surface area (Å²) in [5, 5.41) is 0. The maximum atomic E-state index is 12.2. The molecule has 1 aliphatic rings. The number of halogens is 2. The molecule has 0 heterocycles. The van der Waals surface area contributed by atoms with E-state index in [1.165, 1.54) is 17.7 Å². The van der Waals surface area contributed by atoms with Crippen LogP contribution in [0, 0.1) is 24.5 Å². The van der Waals surface area contributed by atoms with E-state index in [1.807, 2.05) is 0 Å². The Balaban J connectivity index is 0.000000165. The molecule has 1 unspecified atom stereocenters. The van der Waals surface area contributed by atoms with Crippen LogP contribution < -0.4 is 0 Å². The van der Waals surface area contributed by atoms with Crippen LogP contribution in [-0.2, 0) is 0 Å². The third-order valence-corrected chi connectivity index (χ3v) is 2.20. The zero-order chi connectivity index (χ0) is 12.1. The molecule has 0 radical (unpaired) electrons. The summed E-state index contributed by atoms with van der Waals surface area (Å²) < 4.78 is 24.4. The molecule has 86 valence electrons. The molecular formula is C14H16F2. The summed E-state index contributed by atoms with van der Waals surface area (Å²) in [4.78, 5) is 0. The topological polar surface area (TPSA) is 0 Å². The summed E-state index contributed by atoms with van der Waals surface area (Å²) in [6, 6.07) is 3.42. The van der Waals surface area contributed by atoms with Gasteiger partial charge in [-0.15, -0.1) is 0 Å². The highest BCUT2D eigenvalue weighted by atomic mass is 19.1. The van der Waals surface area contributed by atoms with E-state index >= 15 is 0 Å². The number of benzene rings is 1. The fourth-order valence-electron chi connectivity index (χ4n) is 1.52. The van der Waals surface area contributed by atoms with Crippen LogP contribution in [0.25, 0.3) is 0 Å². The van der Waals surface area contributed by atoms with Crippen molar-refractivity contribution in [1.82, 2.24) is 0 Å². The smallest absolute Gasteiger partial charge is 0.126 e. The van der Waals surface area contributed by atoms with Crippen LogP contribution in [0.4, 0.5) is 8.78 Å². The molecule has 16 heavy (non-hydrogen) atoms. The largest absolute Gasteiger partial charge is 0.207 e. The first kappa shape index (κ1) is 12.6. The van der Waals surface area contributed by atoms with E-state index in [0.717, 1.165) is 6.07 Å². The van der Waals surface area contributed by atoms with Gasteiger partial charge in [-0.1, -0.05) is 30.7 Å². The Morgan fingerprint density at radius 2 is 1.56 bits per heavy atom. The van der Waals surface area contributed by atoms with E-state index in [4.69, 9.17) is 0 Å². The minimum atomic E-state index is -0.521. The second-order valence-corrected chi connectivity index (χ2v) is 4.08. The Kier molecular flexibility index (Phi) is 4.41. The van der Waals surface area contributed by atoms with Crippen LogP contribution in [0.3, 0.4) is 0 Å². The van der Waals surface area contributed by atoms with Crippen LogP contribution in [0.5, 0.6) is 0 Å². The lowest BCUT2D eigenvalue weighted by Crippen LogP contribution is -1.80. The molecule has 0 saturated carbocycles. The van der Waals surface area contributed by atoms with E-state index in [9.17, 15) is 8.78 Å². The zero-order valence-electron chi connectivity index (χ0n) is 9.80. The fourth-order valence-corrected chi connectivity index (χ4v) is 1.52. The van der Waals surface area contributed by atoms with Gasteiger partial charge in [0.2, 0.25) is 0 Å². The highest BCUT2D eigenvalue weighted by Crippen LogP contribution is 2.13. The molecule has 0 nitrogen and oxygen atoms in total. The molecule has 2 heteroatoms. The third kappa shape index (κ3) is 4.39. The molecule has 0 aliphatic heterocycles. The summed E-state index contributed by atoms with van der Waals surface area (Å²) >= 11 is 0. The lowest BCUT2D eigenvalue weighted by Gasteiger charge is -1.91. The Labute approximate surface area is 95.3 Å². The van der Waals surface area contributed by atoms with Crippen LogP contribution in [0.15, 0.2) is 42.0 Å². The molecule has 1 aromatic carbocycles. The third-order valence-electron chi connectivity index (χ3n) is 2.20. The summed E-state index contributed by atoms with van der Waals surface area (Å²) in [5.74, 6) is -0.361. The van der Waals surface area contributed by atoms with Gasteiger partial charge in [0.05, 0.1) is 0 Å². The predicted molar refractivity (Wildman–Crippen MR) is 63.2 cm³/mol. The highest BCUT2D eigenvalue weighted by Gasteiger charge is 1.96. The molecule has 0 saturated heterocycles. The second kappa shape index (κ2) is 5.59. The molecule has 1 aromatic rings. The molecule has 0 bridgehead atoms. The normalized spacial score (nSPS) is 17.8.